The molecule has 3 heterocycles. The average Bonchev–Trinajstić information content (AvgIpc) is 3.57. The Labute approximate surface area is 208 Å². The second kappa shape index (κ2) is 10.4. The monoisotopic (exact) mass is 515 g/mol. The van der Waals surface area contributed by atoms with Crippen LogP contribution < -0.4 is 5.32 Å². The van der Waals surface area contributed by atoms with Crippen molar-refractivity contribution >= 4 is 12.1 Å². The van der Waals surface area contributed by atoms with Gasteiger partial charge in [0.15, 0.2) is 5.82 Å². The van der Waals surface area contributed by atoms with Gasteiger partial charge in [-0.2, -0.15) is 8.78 Å². The number of hydrogen-bond acceptors (Lipinski definition) is 7. The van der Waals surface area contributed by atoms with Crippen LogP contribution in [0.25, 0.3) is 22.7 Å². The topological polar surface area (TPSA) is 102 Å². The lowest BCUT2D eigenvalue weighted by atomic mass is 10.0. The number of nitrogens with one attached hydrogen (secondary N) is 1. The molecule has 1 amide bonds. The van der Waals surface area contributed by atoms with E-state index in [1.165, 1.54) is 23.0 Å². The van der Waals surface area contributed by atoms with Crippen LogP contribution in [0.5, 0.6) is 0 Å². The summed E-state index contributed by atoms with van der Waals surface area (Å²) in [6, 6.07) is 8.97. The number of rotatable bonds is 8. The van der Waals surface area contributed by atoms with Crippen LogP contribution in [-0.4, -0.2) is 55.6 Å². The van der Waals surface area contributed by atoms with Gasteiger partial charge in [-0.05, 0) is 37.1 Å². The third kappa shape index (κ3) is 5.29. The smallest absolute Gasteiger partial charge is 0.314 e. The van der Waals surface area contributed by atoms with Gasteiger partial charge in [-0.15, -0.1) is 15.3 Å². The van der Waals surface area contributed by atoms with Gasteiger partial charge in [0, 0.05) is 35.8 Å². The number of aromatic nitrogens is 5. The van der Waals surface area contributed by atoms with E-state index in [1.807, 2.05) is 0 Å². The van der Waals surface area contributed by atoms with Gasteiger partial charge in [0.05, 0.1) is 18.4 Å². The van der Waals surface area contributed by atoms with E-state index in [0.717, 1.165) is 12.5 Å². The molecule has 2 aromatic heterocycles. The molecular weight excluding hydrogens is 494 g/mol. The molecule has 5 rings (SSSR count). The molecule has 0 unspecified atom stereocenters. The molecular formula is C24H21F4N7O2. The molecule has 0 bridgehead atoms. The fraction of sp³-hybridized carbons (Fsp3) is 0.292. The highest BCUT2D eigenvalue weighted by Gasteiger charge is 2.21. The highest BCUT2D eigenvalue weighted by molar-refractivity contribution is 5.66. The molecule has 1 aliphatic heterocycles. The zero-order chi connectivity index (χ0) is 25.9. The largest absolute Gasteiger partial charge is 0.415 e. The van der Waals surface area contributed by atoms with Crippen LogP contribution in [-0.2, 0) is 11.3 Å². The van der Waals surface area contributed by atoms with Crippen LogP contribution in [0.3, 0.4) is 0 Å². The van der Waals surface area contributed by atoms with E-state index in [-0.39, 0.29) is 40.9 Å². The molecule has 0 saturated carbocycles. The Morgan fingerprint density at radius 3 is 2.62 bits per heavy atom. The van der Waals surface area contributed by atoms with Crippen molar-refractivity contribution in [1.29, 1.82) is 0 Å². The standard InChI is InChI=1S/C24H21F4N7O2/c25-18-10-14(23-31-32-24(37-23)22(27)28)4-5-15(18)11-35-12-20(30-33-35)17-2-1-3-19(21(17)26)29-16-6-8-34(13-36)9-7-16/h1-5,10,12-13,16,22,29H,6-9,11H2. The molecule has 13 heteroatoms. The zero-order valence-corrected chi connectivity index (χ0v) is 19.3. The predicted octanol–water partition coefficient (Wildman–Crippen LogP) is 4.29. The summed E-state index contributed by atoms with van der Waals surface area (Å²) < 4.78 is 61.5. The van der Waals surface area contributed by atoms with Crippen LogP contribution in [0.4, 0.5) is 23.2 Å². The first kappa shape index (κ1) is 24.4. The molecule has 2 aromatic carbocycles. The molecule has 0 spiro atoms. The fourth-order valence-electron chi connectivity index (χ4n) is 4.13. The van der Waals surface area contributed by atoms with Crippen molar-refractivity contribution in [3.63, 3.8) is 0 Å². The number of likely N-dealkylation sites (tertiary alicyclic amines) is 1. The molecule has 1 saturated heterocycles. The van der Waals surface area contributed by atoms with E-state index in [1.54, 1.807) is 23.1 Å². The Morgan fingerprint density at radius 1 is 1.11 bits per heavy atom. The van der Waals surface area contributed by atoms with Crippen LogP contribution in [0, 0.1) is 11.6 Å². The summed E-state index contributed by atoms with van der Waals surface area (Å²) in [6.45, 7) is 1.22. The molecule has 1 fully saturated rings. The number of amides is 1. The summed E-state index contributed by atoms with van der Waals surface area (Å²) in [4.78, 5) is 12.6. The number of piperidine rings is 1. The quantitative estimate of drug-likeness (QED) is 0.276. The van der Waals surface area contributed by atoms with E-state index >= 15 is 4.39 Å². The minimum absolute atomic E-state index is 0.0000958. The number of anilines is 1. The van der Waals surface area contributed by atoms with E-state index in [2.05, 4.69) is 25.8 Å². The van der Waals surface area contributed by atoms with Gasteiger partial charge >= 0.3 is 6.43 Å². The Kier molecular flexibility index (Phi) is 6.84. The van der Waals surface area contributed by atoms with Gasteiger partial charge in [-0.3, -0.25) is 4.79 Å². The number of nitrogens with zero attached hydrogens (tertiary/aromatic N) is 6. The number of carbonyl (C=O) groups is 1. The van der Waals surface area contributed by atoms with Gasteiger partial charge in [-0.1, -0.05) is 17.3 Å². The van der Waals surface area contributed by atoms with Crippen molar-refractivity contribution in [2.75, 3.05) is 18.4 Å². The fourth-order valence-corrected chi connectivity index (χ4v) is 4.13. The number of alkyl halides is 2. The highest BCUT2D eigenvalue weighted by atomic mass is 19.3. The van der Waals surface area contributed by atoms with E-state index in [9.17, 15) is 18.0 Å². The molecule has 0 radical (unpaired) electrons. The first-order chi connectivity index (χ1) is 17.9. The molecule has 0 aliphatic carbocycles. The third-order valence-electron chi connectivity index (χ3n) is 6.11. The lowest BCUT2D eigenvalue weighted by Gasteiger charge is -2.30. The van der Waals surface area contributed by atoms with Gasteiger partial charge in [0.25, 0.3) is 5.89 Å². The van der Waals surface area contributed by atoms with Gasteiger partial charge in [-0.25, -0.2) is 13.5 Å². The average molecular weight is 515 g/mol. The minimum Gasteiger partial charge on any atom is -0.415 e. The summed E-state index contributed by atoms with van der Waals surface area (Å²) in [7, 11) is 0. The Hall–Kier alpha value is -4.29. The summed E-state index contributed by atoms with van der Waals surface area (Å²) >= 11 is 0. The second-order valence-corrected chi connectivity index (χ2v) is 8.58. The number of carbonyl (C=O) groups excluding carboxylic acids is 1. The zero-order valence-electron chi connectivity index (χ0n) is 19.3. The van der Waals surface area contributed by atoms with Crippen molar-refractivity contribution in [2.24, 2.45) is 0 Å². The van der Waals surface area contributed by atoms with Crippen molar-refractivity contribution in [3.8, 4) is 22.7 Å². The molecule has 1 N–H and O–H groups in total. The second-order valence-electron chi connectivity index (χ2n) is 8.58. The first-order valence-corrected chi connectivity index (χ1v) is 11.5. The maximum atomic E-state index is 15.3. The normalized spacial score (nSPS) is 14.4. The number of hydrogen-bond donors (Lipinski definition) is 1. The highest BCUT2D eigenvalue weighted by Crippen LogP contribution is 2.29. The molecule has 37 heavy (non-hydrogen) atoms. The molecule has 1 aliphatic rings. The van der Waals surface area contributed by atoms with E-state index < -0.39 is 24.0 Å². The summed E-state index contributed by atoms with van der Waals surface area (Å²) in [6.07, 6.45) is 0.825. The maximum Gasteiger partial charge on any atom is 0.314 e. The molecule has 192 valence electrons. The lowest BCUT2D eigenvalue weighted by molar-refractivity contribution is -0.118. The number of halogens is 4. The maximum absolute atomic E-state index is 15.3. The van der Waals surface area contributed by atoms with Crippen molar-refractivity contribution in [3.05, 3.63) is 65.7 Å². The summed E-state index contributed by atoms with van der Waals surface area (Å²) in [5, 5.41) is 18.0. The van der Waals surface area contributed by atoms with Gasteiger partial charge in [0.2, 0.25) is 12.3 Å². The van der Waals surface area contributed by atoms with E-state index in [4.69, 9.17) is 4.42 Å². The van der Waals surface area contributed by atoms with Crippen LogP contribution in [0.1, 0.15) is 30.7 Å². The Bertz CT molecular complexity index is 1400. The van der Waals surface area contributed by atoms with E-state index in [0.29, 0.717) is 31.6 Å². The van der Waals surface area contributed by atoms with Gasteiger partial charge in [0.1, 0.15) is 11.5 Å². The van der Waals surface area contributed by atoms with Crippen molar-refractivity contribution in [1.82, 2.24) is 30.1 Å². The molecule has 4 aromatic rings. The SMILES string of the molecule is O=CN1CCC(Nc2cccc(-c3cn(Cc4ccc(-c5nnc(C(F)F)o5)cc4F)nn3)c2F)CC1. The predicted molar refractivity (Wildman–Crippen MR) is 123 cm³/mol. The Morgan fingerprint density at radius 2 is 1.92 bits per heavy atom. The van der Waals surface area contributed by atoms with Crippen molar-refractivity contribution in [2.45, 2.75) is 31.9 Å². The third-order valence-corrected chi connectivity index (χ3v) is 6.11. The lowest BCUT2D eigenvalue weighted by Crippen LogP contribution is -2.38. The van der Waals surface area contributed by atoms with Crippen molar-refractivity contribution < 1.29 is 26.8 Å². The summed E-state index contributed by atoms with van der Waals surface area (Å²) in [5.74, 6) is -2.18. The van der Waals surface area contributed by atoms with Crippen LogP contribution in [0.2, 0.25) is 0 Å². The minimum atomic E-state index is -2.92. The summed E-state index contributed by atoms with van der Waals surface area (Å²) in [5.41, 5.74) is 1.24. The first-order valence-electron chi connectivity index (χ1n) is 11.5. The van der Waals surface area contributed by atoms with Gasteiger partial charge < -0.3 is 14.6 Å². The Balaban J connectivity index is 1.29. The molecule has 0 atom stereocenters. The number of benzene rings is 2. The molecule has 9 nitrogen and oxygen atoms in total. The van der Waals surface area contributed by atoms with Crippen LogP contribution >= 0.6 is 0 Å². The van der Waals surface area contributed by atoms with Crippen LogP contribution in [0.15, 0.2) is 47.0 Å².